The highest BCUT2D eigenvalue weighted by atomic mass is 32.1. The molecule has 4 rings (SSSR count). The number of hydrogen-bond donors (Lipinski definition) is 1. The van der Waals surface area contributed by atoms with Gasteiger partial charge >= 0.3 is 0 Å². The zero-order valence-electron chi connectivity index (χ0n) is 18.1. The van der Waals surface area contributed by atoms with E-state index in [1.165, 1.54) is 41.3 Å². The van der Waals surface area contributed by atoms with Gasteiger partial charge in [-0.2, -0.15) is 0 Å². The number of allylic oxidation sites excluding steroid dienone is 1. The Morgan fingerprint density at radius 2 is 1.31 bits per heavy atom. The Morgan fingerprint density at radius 1 is 0.724 bits per heavy atom. The van der Waals surface area contributed by atoms with Crippen molar-refractivity contribution in [1.29, 1.82) is 0 Å². The number of aromatic amines is 1. The molecule has 0 unspecified atom stereocenters. The van der Waals surface area contributed by atoms with Crippen LogP contribution in [0.4, 0.5) is 0 Å². The molecule has 0 spiro atoms. The molecule has 0 saturated heterocycles. The lowest BCUT2D eigenvalue weighted by Crippen LogP contribution is -2.07. The lowest BCUT2D eigenvalue weighted by atomic mass is 9.95. The summed E-state index contributed by atoms with van der Waals surface area (Å²) in [5.41, 5.74) is 5.41. The number of hydrogen-bond acceptors (Lipinski definition) is 2. The van der Waals surface area contributed by atoms with Gasteiger partial charge in [0.2, 0.25) is 0 Å². The summed E-state index contributed by atoms with van der Waals surface area (Å²) in [6, 6.07) is 13.3. The lowest BCUT2D eigenvalue weighted by molar-refractivity contribution is 0.547. The maximum Gasteiger partial charge on any atom is 0.0705 e. The average Bonchev–Trinajstić information content (AvgIpc) is 3.28. The molecule has 1 aromatic carbocycles. The van der Waals surface area contributed by atoms with Crippen molar-refractivity contribution in [2.24, 2.45) is 5.41 Å². The molecule has 0 bridgehead atoms. The van der Waals surface area contributed by atoms with Crippen LogP contribution in [0.15, 0.2) is 42.5 Å². The van der Waals surface area contributed by atoms with Crippen LogP contribution in [-0.2, 0) is 5.41 Å². The summed E-state index contributed by atoms with van der Waals surface area (Å²) in [6.45, 7) is 13.5. The fourth-order valence-electron chi connectivity index (χ4n) is 3.16. The number of thiophene rings is 2. The third kappa shape index (κ3) is 4.57. The van der Waals surface area contributed by atoms with Crippen LogP contribution in [0.5, 0.6) is 0 Å². The highest BCUT2D eigenvalue weighted by molar-refractivity contribution is 7.27. The Kier molecular flexibility index (Phi) is 5.08. The van der Waals surface area contributed by atoms with Gasteiger partial charge in [0.1, 0.15) is 0 Å². The van der Waals surface area contributed by atoms with E-state index < -0.39 is 0 Å². The number of aromatic nitrogens is 1. The molecular formula is C26H29NS2. The standard InChI is InChI=1S/C26H29NS2/c1-25(2,3)14-13-18-9-7-17(8-10-18)11-12-19-15-20-23(28-19)24-21(27-20)16-22(29-24)26(4,5)6/h7-16,27H,1-6H3/b12-11+,14-13+. The van der Waals surface area contributed by atoms with Gasteiger partial charge in [0.25, 0.3) is 0 Å². The van der Waals surface area contributed by atoms with Crippen LogP contribution < -0.4 is 0 Å². The second kappa shape index (κ2) is 7.30. The zero-order chi connectivity index (χ0) is 20.8. The SMILES string of the molecule is CC(C)(C)/C=C/c1ccc(/C=C/c2cc3[nH]c4cc(C(C)(C)C)sc4c3s2)cc1. The molecule has 1 N–H and O–H groups in total. The van der Waals surface area contributed by atoms with Crippen molar-refractivity contribution in [2.45, 2.75) is 47.0 Å². The smallest absolute Gasteiger partial charge is 0.0705 e. The molecule has 3 heteroatoms. The largest absolute Gasteiger partial charge is 0.353 e. The second-order valence-corrected chi connectivity index (χ2v) is 12.0. The fraction of sp³-hybridized carbons (Fsp3) is 0.308. The van der Waals surface area contributed by atoms with Crippen LogP contribution in [0.1, 0.15) is 62.4 Å². The molecule has 0 saturated carbocycles. The summed E-state index contributed by atoms with van der Waals surface area (Å²) in [5, 5.41) is 0. The molecule has 1 nitrogen and oxygen atoms in total. The van der Waals surface area contributed by atoms with Crippen molar-refractivity contribution in [3.8, 4) is 0 Å². The predicted octanol–water partition coefficient (Wildman–Crippen LogP) is 8.97. The van der Waals surface area contributed by atoms with Gasteiger partial charge in [-0.25, -0.2) is 0 Å². The average molecular weight is 420 g/mol. The molecule has 0 aliphatic carbocycles. The van der Waals surface area contributed by atoms with Crippen molar-refractivity contribution in [2.75, 3.05) is 0 Å². The molecule has 4 aromatic rings. The van der Waals surface area contributed by atoms with E-state index in [0.29, 0.717) is 0 Å². The van der Waals surface area contributed by atoms with E-state index >= 15 is 0 Å². The van der Waals surface area contributed by atoms with Gasteiger partial charge in [0.05, 0.1) is 20.4 Å². The van der Waals surface area contributed by atoms with E-state index in [1.807, 2.05) is 22.7 Å². The van der Waals surface area contributed by atoms with Crippen molar-refractivity contribution in [3.63, 3.8) is 0 Å². The summed E-state index contributed by atoms with van der Waals surface area (Å²) in [7, 11) is 0. The van der Waals surface area contributed by atoms with Crippen LogP contribution in [-0.4, -0.2) is 4.98 Å². The normalized spacial score (nSPS) is 13.6. The highest BCUT2D eigenvalue weighted by Gasteiger charge is 2.19. The molecule has 150 valence electrons. The summed E-state index contributed by atoms with van der Waals surface area (Å²) < 4.78 is 2.77. The number of nitrogens with one attached hydrogen (secondary N) is 1. The zero-order valence-corrected chi connectivity index (χ0v) is 19.7. The molecule has 3 aromatic heterocycles. The number of benzene rings is 1. The maximum atomic E-state index is 3.60. The van der Waals surface area contributed by atoms with E-state index in [0.717, 1.165) is 0 Å². The Balaban J connectivity index is 1.55. The van der Waals surface area contributed by atoms with Crippen LogP contribution >= 0.6 is 22.7 Å². The Bertz CT molecular complexity index is 1200. The first kappa shape index (κ1) is 20.2. The quantitative estimate of drug-likeness (QED) is 0.341. The van der Waals surface area contributed by atoms with Gasteiger partial charge in [0, 0.05) is 9.75 Å². The van der Waals surface area contributed by atoms with E-state index in [2.05, 4.69) is 107 Å². The van der Waals surface area contributed by atoms with Gasteiger partial charge in [-0.15, -0.1) is 22.7 Å². The van der Waals surface area contributed by atoms with E-state index in [4.69, 9.17) is 0 Å². The monoisotopic (exact) mass is 419 g/mol. The van der Waals surface area contributed by atoms with Crippen molar-refractivity contribution >= 4 is 61.3 Å². The number of rotatable bonds is 3. The first-order valence-corrected chi connectivity index (χ1v) is 11.7. The molecule has 0 radical (unpaired) electrons. The summed E-state index contributed by atoms with van der Waals surface area (Å²) in [4.78, 5) is 6.33. The van der Waals surface area contributed by atoms with Crippen molar-refractivity contribution in [3.05, 3.63) is 63.4 Å². The van der Waals surface area contributed by atoms with E-state index in [-0.39, 0.29) is 10.8 Å². The Morgan fingerprint density at radius 3 is 1.93 bits per heavy atom. The van der Waals surface area contributed by atoms with Crippen molar-refractivity contribution < 1.29 is 0 Å². The minimum absolute atomic E-state index is 0.199. The molecule has 0 fully saturated rings. The number of H-pyrrole nitrogens is 1. The van der Waals surface area contributed by atoms with Crippen molar-refractivity contribution in [1.82, 2.24) is 4.98 Å². The molecule has 0 aliphatic rings. The molecule has 0 atom stereocenters. The summed E-state index contributed by atoms with van der Waals surface area (Å²) in [5.74, 6) is 0. The summed E-state index contributed by atoms with van der Waals surface area (Å²) >= 11 is 3.80. The molecule has 0 aliphatic heterocycles. The second-order valence-electron chi connectivity index (χ2n) is 9.82. The number of fused-ring (bicyclic) bond motifs is 3. The lowest BCUT2D eigenvalue weighted by Gasteiger charge is -2.14. The fourth-order valence-corrected chi connectivity index (χ4v) is 5.51. The van der Waals surface area contributed by atoms with Crippen LogP contribution in [0.25, 0.3) is 38.7 Å². The van der Waals surface area contributed by atoms with E-state index in [1.54, 1.807) is 0 Å². The van der Waals surface area contributed by atoms with E-state index in [9.17, 15) is 0 Å². The minimum Gasteiger partial charge on any atom is -0.353 e. The molecule has 3 heterocycles. The third-order valence-electron chi connectivity index (χ3n) is 4.85. The third-order valence-corrected chi connectivity index (χ3v) is 7.68. The van der Waals surface area contributed by atoms with Crippen LogP contribution in [0, 0.1) is 5.41 Å². The predicted molar refractivity (Wildman–Crippen MR) is 134 cm³/mol. The minimum atomic E-state index is 0.199. The summed E-state index contributed by atoms with van der Waals surface area (Å²) in [6.07, 6.45) is 8.88. The van der Waals surface area contributed by atoms with Gasteiger partial charge in [-0.05, 0) is 40.2 Å². The van der Waals surface area contributed by atoms with Gasteiger partial charge in [-0.3, -0.25) is 0 Å². The molecular weight excluding hydrogens is 390 g/mol. The van der Waals surface area contributed by atoms with Crippen LogP contribution in [0.2, 0.25) is 0 Å². The van der Waals surface area contributed by atoms with Crippen LogP contribution in [0.3, 0.4) is 0 Å². The highest BCUT2D eigenvalue weighted by Crippen LogP contribution is 2.41. The topological polar surface area (TPSA) is 15.8 Å². The Labute approximate surface area is 181 Å². The molecule has 0 amide bonds. The Hall–Kier alpha value is -2.10. The first-order valence-electron chi connectivity index (χ1n) is 10.1. The molecule has 29 heavy (non-hydrogen) atoms. The first-order chi connectivity index (χ1) is 13.6. The van der Waals surface area contributed by atoms with Gasteiger partial charge < -0.3 is 4.98 Å². The maximum absolute atomic E-state index is 3.60. The van der Waals surface area contributed by atoms with Gasteiger partial charge in [-0.1, -0.05) is 84.0 Å². The van der Waals surface area contributed by atoms with Gasteiger partial charge in [0.15, 0.2) is 0 Å².